The molecule has 2 bridgehead atoms. The zero-order chi connectivity index (χ0) is 46.5. The molecule has 3 saturated heterocycles. The first kappa shape index (κ1) is 47.5. The van der Waals surface area contributed by atoms with Gasteiger partial charge in [0.25, 0.3) is 5.91 Å². The van der Waals surface area contributed by atoms with Crippen LogP contribution in [0.25, 0.3) is 0 Å². The molecule has 67 heavy (non-hydrogen) atoms. The topological polar surface area (TPSA) is 153 Å². The zero-order valence-electron chi connectivity index (χ0n) is 38.9. The molecule has 358 valence electrons. The van der Waals surface area contributed by atoms with E-state index < -0.39 is 18.2 Å². The molecule has 0 spiro atoms. The number of aliphatic imine (C=N–C) groups is 1. The first-order chi connectivity index (χ1) is 32.8. The number of ether oxygens (including phenoxy) is 7. The number of benzene rings is 3. The average molecular weight is 921 g/mol. The first-order valence-electron chi connectivity index (χ1n) is 23.6. The van der Waals surface area contributed by atoms with Gasteiger partial charge in [-0.05, 0) is 86.9 Å². The molecule has 3 aromatic rings. The van der Waals surface area contributed by atoms with Crippen molar-refractivity contribution in [2.24, 2.45) is 10.9 Å². The predicted molar refractivity (Wildman–Crippen MR) is 254 cm³/mol. The molecule has 16 heteroatoms. The van der Waals surface area contributed by atoms with Gasteiger partial charge < -0.3 is 38.1 Å². The lowest BCUT2D eigenvalue weighted by Gasteiger charge is -2.48. The summed E-state index contributed by atoms with van der Waals surface area (Å²) in [6.07, 6.45) is 11.4. The number of para-hydroxylation sites is 2. The molecule has 4 heterocycles. The second kappa shape index (κ2) is 23.2. The Kier molecular flexibility index (Phi) is 16.5. The summed E-state index contributed by atoms with van der Waals surface area (Å²) in [5, 5.41) is 2.86. The summed E-state index contributed by atoms with van der Waals surface area (Å²) in [7, 11) is 1.58. The van der Waals surface area contributed by atoms with Crippen molar-refractivity contribution in [1.29, 1.82) is 0 Å². The summed E-state index contributed by atoms with van der Waals surface area (Å²) in [5.74, 6) is 1.97. The molecule has 4 aliphatic heterocycles. The SMILES string of the molecule is CCOc1ccccc1N1C(=O)C2C=CC=CC2=NC1CN1CCN(C(=O)COc2ccc(OCCOCCOCN3C4CCCC3CC(OC(=O)Nc3cc(C)ccc3OC)C4)cc2)CC1. The van der Waals surface area contributed by atoms with E-state index in [9.17, 15) is 14.4 Å². The highest BCUT2D eigenvalue weighted by molar-refractivity contribution is 6.18. The largest absolute Gasteiger partial charge is 0.495 e. The summed E-state index contributed by atoms with van der Waals surface area (Å²) in [6, 6.07) is 21.1. The number of aryl methyl sites for hydroxylation is 1. The number of piperazine rings is 1. The highest BCUT2D eigenvalue weighted by atomic mass is 16.6. The van der Waals surface area contributed by atoms with Crippen LogP contribution < -0.4 is 29.2 Å². The van der Waals surface area contributed by atoms with E-state index in [1.807, 2.05) is 97.6 Å². The number of carbonyl (C=O) groups is 3. The number of carbonyl (C=O) groups excluding carboxylic acids is 3. The molecule has 3 amide bonds. The van der Waals surface area contributed by atoms with Gasteiger partial charge in [0.2, 0.25) is 5.91 Å². The minimum absolute atomic E-state index is 0.0275. The van der Waals surface area contributed by atoms with E-state index in [1.54, 1.807) is 24.1 Å². The molecule has 3 aromatic carbocycles. The van der Waals surface area contributed by atoms with Crippen molar-refractivity contribution in [3.05, 3.63) is 96.6 Å². The third-order valence-corrected chi connectivity index (χ3v) is 12.9. The van der Waals surface area contributed by atoms with Crippen molar-refractivity contribution in [1.82, 2.24) is 14.7 Å². The molecule has 0 aromatic heterocycles. The molecule has 3 fully saturated rings. The normalized spacial score (nSPS) is 22.7. The Hall–Kier alpha value is -5.94. The minimum Gasteiger partial charge on any atom is -0.495 e. The van der Waals surface area contributed by atoms with E-state index in [1.165, 1.54) is 0 Å². The van der Waals surface area contributed by atoms with Gasteiger partial charge >= 0.3 is 6.09 Å². The van der Waals surface area contributed by atoms with Crippen molar-refractivity contribution in [2.45, 2.75) is 70.3 Å². The van der Waals surface area contributed by atoms with Crippen molar-refractivity contribution < 1.29 is 47.5 Å². The van der Waals surface area contributed by atoms with Crippen molar-refractivity contribution in [3.63, 3.8) is 0 Å². The van der Waals surface area contributed by atoms with Crippen molar-refractivity contribution >= 4 is 35.0 Å². The Morgan fingerprint density at radius 3 is 2.31 bits per heavy atom. The number of allylic oxidation sites excluding steroid dienone is 3. The number of piperidine rings is 2. The standard InChI is InChI=1S/C51H64N6O10/c1-4-64-47-15-8-7-14-45(47)57-48(52-43-13-6-5-12-42(43)50(57)59)33-54-22-24-55(25-23-54)49(58)34-66-40-19-17-39(18-20-40)65-29-28-62-26-27-63-35-56-37-10-9-11-38(56)32-41(31-37)67-51(60)53-44-30-36(2)16-21-46(44)61-3/h5-8,12-21,30,37-38,41-42,48H,4,9-11,22-29,31-35H2,1-3H3,(H,53,60). The maximum Gasteiger partial charge on any atom is 0.412 e. The molecule has 4 unspecified atom stereocenters. The lowest BCUT2D eigenvalue weighted by molar-refractivity contribution is -0.135. The van der Waals surface area contributed by atoms with Crippen molar-refractivity contribution in [2.75, 3.05) is 96.4 Å². The third kappa shape index (κ3) is 12.3. The van der Waals surface area contributed by atoms with E-state index in [4.69, 9.17) is 38.2 Å². The number of fused-ring (bicyclic) bond motifs is 3. The summed E-state index contributed by atoms with van der Waals surface area (Å²) in [5.41, 5.74) is 3.10. The highest BCUT2D eigenvalue weighted by Gasteiger charge is 2.41. The van der Waals surface area contributed by atoms with E-state index >= 15 is 0 Å². The van der Waals surface area contributed by atoms with E-state index in [0.717, 1.165) is 43.4 Å². The monoisotopic (exact) mass is 920 g/mol. The first-order valence-corrected chi connectivity index (χ1v) is 23.6. The van der Waals surface area contributed by atoms with Crippen LogP contribution in [0.1, 0.15) is 44.6 Å². The summed E-state index contributed by atoms with van der Waals surface area (Å²) < 4.78 is 40.7. The molecule has 8 rings (SSSR count). The number of hydrogen-bond acceptors (Lipinski definition) is 13. The van der Waals surface area contributed by atoms with Crippen LogP contribution in [0.2, 0.25) is 0 Å². The average Bonchev–Trinajstić information content (AvgIpc) is 3.33. The Bertz CT molecular complexity index is 2230. The maximum atomic E-state index is 13.9. The number of nitrogens with zero attached hydrogens (tertiary/aromatic N) is 5. The van der Waals surface area contributed by atoms with Gasteiger partial charge in [0.1, 0.15) is 41.9 Å². The van der Waals surface area contributed by atoms with Crippen LogP contribution in [0.3, 0.4) is 0 Å². The van der Waals surface area contributed by atoms with Gasteiger partial charge in [-0.1, -0.05) is 42.8 Å². The number of hydrogen-bond donors (Lipinski definition) is 1. The molecule has 1 N–H and O–H groups in total. The van der Waals surface area contributed by atoms with Crippen LogP contribution in [0.15, 0.2) is 96.0 Å². The Morgan fingerprint density at radius 1 is 0.821 bits per heavy atom. The summed E-state index contributed by atoms with van der Waals surface area (Å²) in [4.78, 5) is 53.3. The minimum atomic E-state index is -0.457. The molecular formula is C51H64N6O10. The van der Waals surface area contributed by atoms with Crippen LogP contribution in [-0.2, 0) is 23.8 Å². The Balaban J connectivity index is 0.692. The smallest absolute Gasteiger partial charge is 0.412 e. The van der Waals surface area contributed by atoms with Gasteiger partial charge in [-0.2, -0.15) is 0 Å². The van der Waals surface area contributed by atoms with E-state index in [0.29, 0.717) is 119 Å². The predicted octanol–water partition coefficient (Wildman–Crippen LogP) is 6.49. The van der Waals surface area contributed by atoms with Crippen LogP contribution in [0.5, 0.6) is 23.0 Å². The summed E-state index contributed by atoms with van der Waals surface area (Å²) >= 11 is 0. The molecule has 16 nitrogen and oxygen atoms in total. The van der Waals surface area contributed by atoms with Gasteiger partial charge in [0.15, 0.2) is 6.61 Å². The van der Waals surface area contributed by atoms with Crippen molar-refractivity contribution in [3.8, 4) is 23.0 Å². The number of rotatable bonds is 20. The number of methoxy groups -OCH3 is 1. The lowest BCUT2D eigenvalue weighted by atomic mass is 9.83. The second-order valence-corrected chi connectivity index (χ2v) is 17.4. The molecule has 0 radical (unpaired) electrons. The third-order valence-electron chi connectivity index (χ3n) is 12.9. The van der Waals surface area contributed by atoms with Gasteiger partial charge in [-0.25, -0.2) is 4.79 Å². The molecule has 5 aliphatic rings. The van der Waals surface area contributed by atoms with Crippen LogP contribution in [-0.4, -0.2) is 149 Å². The molecule has 1 aliphatic carbocycles. The second-order valence-electron chi connectivity index (χ2n) is 17.4. The van der Waals surface area contributed by atoms with Crippen LogP contribution in [0.4, 0.5) is 16.2 Å². The quantitative estimate of drug-likeness (QED) is 0.123. The fourth-order valence-electron chi connectivity index (χ4n) is 9.56. The zero-order valence-corrected chi connectivity index (χ0v) is 38.9. The summed E-state index contributed by atoms with van der Waals surface area (Å²) in [6.45, 7) is 9.47. The van der Waals surface area contributed by atoms with Crippen LogP contribution >= 0.6 is 0 Å². The fraction of sp³-hybridized carbons (Fsp3) is 0.490. The highest BCUT2D eigenvalue weighted by Crippen LogP contribution is 2.37. The Morgan fingerprint density at radius 2 is 1.55 bits per heavy atom. The van der Waals surface area contributed by atoms with E-state index in [2.05, 4.69) is 15.1 Å². The molecular weight excluding hydrogens is 857 g/mol. The lowest BCUT2D eigenvalue weighted by Crippen LogP contribution is -2.56. The molecule has 0 saturated carbocycles. The maximum absolute atomic E-state index is 13.9. The fourth-order valence-corrected chi connectivity index (χ4v) is 9.56. The van der Waals surface area contributed by atoms with Gasteiger partial charge in [-0.15, -0.1) is 0 Å². The van der Waals surface area contributed by atoms with Gasteiger partial charge in [-0.3, -0.25) is 34.6 Å². The molecule has 4 atom stereocenters. The number of amides is 3. The van der Waals surface area contributed by atoms with E-state index in [-0.39, 0.29) is 24.5 Å². The number of anilines is 2. The number of nitrogens with one attached hydrogen (secondary N) is 1. The van der Waals surface area contributed by atoms with Gasteiger partial charge in [0.05, 0.1) is 63.3 Å². The van der Waals surface area contributed by atoms with Crippen LogP contribution in [0, 0.1) is 12.8 Å². The van der Waals surface area contributed by atoms with Gasteiger partial charge in [0, 0.05) is 57.6 Å². The Labute approximate surface area is 393 Å².